The van der Waals surface area contributed by atoms with Gasteiger partial charge in [-0.05, 0) is 38.5 Å². The molecule has 6 nitrogen and oxygen atoms in total. The van der Waals surface area contributed by atoms with Crippen molar-refractivity contribution in [2.24, 2.45) is 0 Å². The van der Waals surface area contributed by atoms with Crippen molar-refractivity contribution in [2.45, 2.75) is 203 Å². The standard InChI is InChI=1S/C32H54O6/c1-32(36-23-14-8-2-5-11-17-26-29(20-23)33-26,37-24-15-9-3-6-12-18-27-30(21-24)34-27)38-25-16-10-4-7-13-19-28-31(22-25)35-28/h23-31H,2-22H2,1H3. The first-order chi connectivity index (χ1) is 18.6. The highest BCUT2D eigenvalue weighted by Gasteiger charge is 2.47. The van der Waals surface area contributed by atoms with Gasteiger partial charge in [-0.15, -0.1) is 0 Å². The average Bonchev–Trinajstić information content (AvgIpc) is 3.80. The zero-order valence-corrected chi connectivity index (χ0v) is 24.0. The molecule has 3 heterocycles. The summed E-state index contributed by atoms with van der Waals surface area (Å²) in [5.41, 5.74) is 0. The van der Waals surface area contributed by atoms with Crippen LogP contribution in [0.3, 0.4) is 0 Å². The van der Waals surface area contributed by atoms with E-state index >= 15 is 0 Å². The third kappa shape index (κ3) is 8.39. The predicted molar refractivity (Wildman–Crippen MR) is 146 cm³/mol. The molecule has 3 saturated carbocycles. The SMILES string of the molecule is CC(OC1CCCCCCC2OC2C1)(OC1CCCCCCC2OC2C1)OC1CCCCCCC2OC2C1. The quantitative estimate of drug-likeness (QED) is 0.262. The molecule has 6 fully saturated rings. The summed E-state index contributed by atoms with van der Waals surface area (Å²) in [6.45, 7) is 2.07. The van der Waals surface area contributed by atoms with Crippen LogP contribution in [0.1, 0.15) is 142 Å². The van der Waals surface area contributed by atoms with Crippen LogP contribution in [0, 0.1) is 0 Å². The van der Waals surface area contributed by atoms with Gasteiger partial charge in [0.05, 0.1) is 54.9 Å². The molecule has 0 aromatic carbocycles. The second kappa shape index (κ2) is 13.2. The van der Waals surface area contributed by atoms with E-state index in [9.17, 15) is 0 Å². The highest BCUT2D eigenvalue weighted by molar-refractivity contribution is 4.91. The molecule has 0 N–H and O–H groups in total. The van der Waals surface area contributed by atoms with E-state index < -0.39 is 5.97 Å². The maximum absolute atomic E-state index is 6.96. The van der Waals surface area contributed by atoms with E-state index in [-0.39, 0.29) is 18.3 Å². The third-order valence-corrected chi connectivity index (χ3v) is 9.99. The molecule has 0 spiro atoms. The molecule has 6 aliphatic rings. The van der Waals surface area contributed by atoms with Crippen molar-refractivity contribution in [1.29, 1.82) is 0 Å². The lowest BCUT2D eigenvalue weighted by Gasteiger charge is -2.39. The largest absolute Gasteiger partial charge is 0.369 e. The fourth-order valence-corrected chi connectivity index (χ4v) is 7.58. The number of rotatable bonds is 6. The van der Waals surface area contributed by atoms with Crippen LogP contribution in [-0.2, 0) is 28.4 Å². The van der Waals surface area contributed by atoms with E-state index in [0.29, 0.717) is 36.6 Å². The molecule has 38 heavy (non-hydrogen) atoms. The number of fused-ring (bicyclic) bond motifs is 3. The molecule has 6 rings (SSSR count). The van der Waals surface area contributed by atoms with Crippen LogP contribution in [0.2, 0.25) is 0 Å². The highest BCUT2D eigenvalue weighted by Crippen LogP contribution is 2.40. The molecule has 0 amide bonds. The molecule has 3 aliphatic carbocycles. The first-order valence-corrected chi connectivity index (χ1v) is 16.6. The summed E-state index contributed by atoms with van der Waals surface area (Å²) >= 11 is 0. The topological polar surface area (TPSA) is 65.3 Å². The molecule has 3 aliphatic heterocycles. The maximum Gasteiger partial charge on any atom is 0.280 e. The summed E-state index contributed by atoms with van der Waals surface area (Å²) in [5, 5.41) is 0. The number of hydrogen-bond acceptors (Lipinski definition) is 6. The summed E-state index contributed by atoms with van der Waals surface area (Å²) in [6, 6.07) is 0. The zero-order chi connectivity index (χ0) is 25.8. The molecule has 0 bridgehead atoms. The van der Waals surface area contributed by atoms with Gasteiger partial charge in [-0.25, -0.2) is 0 Å². The Balaban J connectivity index is 1.15. The maximum atomic E-state index is 6.96. The Labute approximate surface area is 231 Å². The van der Waals surface area contributed by atoms with Crippen LogP contribution in [0.15, 0.2) is 0 Å². The van der Waals surface area contributed by atoms with Gasteiger partial charge in [-0.3, -0.25) is 0 Å². The van der Waals surface area contributed by atoms with E-state index in [4.69, 9.17) is 28.4 Å². The first kappa shape index (κ1) is 27.9. The van der Waals surface area contributed by atoms with Crippen molar-refractivity contribution in [1.82, 2.24) is 0 Å². The fraction of sp³-hybridized carbons (Fsp3) is 1.00. The van der Waals surface area contributed by atoms with E-state index in [1.807, 2.05) is 0 Å². The van der Waals surface area contributed by atoms with E-state index in [2.05, 4.69) is 6.92 Å². The molecule has 0 aromatic heterocycles. The van der Waals surface area contributed by atoms with E-state index in [0.717, 1.165) is 38.5 Å². The second-order valence-electron chi connectivity index (χ2n) is 13.4. The lowest BCUT2D eigenvalue weighted by molar-refractivity contribution is -0.411. The van der Waals surface area contributed by atoms with Gasteiger partial charge in [-0.1, -0.05) is 77.0 Å². The molecule has 9 unspecified atom stereocenters. The van der Waals surface area contributed by atoms with Gasteiger partial charge >= 0.3 is 0 Å². The lowest BCUT2D eigenvalue weighted by atomic mass is 9.98. The summed E-state index contributed by atoms with van der Waals surface area (Å²) in [6.07, 6.45) is 27.7. The van der Waals surface area contributed by atoms with Crippen LogP contribution in [0.5, 0.6) is 0 Å². The lowest BCUT2D eigenvalue weighted by Crippen LogP contribution is -2.46. The average molecular weight is 535 g/mol. The van der Waals surface area contributed by atoms with Crippen molar-refractivity contribution in [3.8, 4) is 0 Å². The highest BCUT2D eigenvalue weighted by atomic mass is 16.9. The van der Waals surface area contributed by atoms with Crippen molar-refractivity contribution < 1.29 is 28.4 Å². The molecular weight excluding hydrogens is 480 g/mol. The third-order valence-electron chi connectivity index (χ3n) is 9.99. The van der Waals surface area contributed by atoms with Gasteiger partial charge in [0, 0.05) is 26.2 Å². The van der Waals surface area contributed by atoms with Gasteiger partial charge in [0.1, 0.15) is 0 Å². The smallest absolute Gasteiger partial charge is 0.280 e. The van der Waals surface area contributed by atoms with Crippen LogP contribution >= 0.6 is 0 Å². The molecular formula is C32H54O6. The van der Waals surface area contributed by atoms with Gasteiger partial charge in [-0.2, -0.15) is 0 Å². The van der Waals surface area contributed by atoms with E-state index in [1.165, 1.54) is 96.3 Å². The van der Waals surface area contributed by atoms with Crippen LogP contribution < -0.4 is 0 Å². The molecule has 9 atom stereocenters. The van der Waals surface area contributed by atoms with Crippen LogP contribution in [0.25, 0.3) is 0 Å². The van der Waals surface area contributed by atoms with Crippen LogP contribution in [-0.4, -0.2) is 60.9 Å². The minimum atomic E-state index is -1.04. The normalized spacial score (nSPS) is 44.3. The Morgan fingerprint density at radius 2 is 0.684 bits per heavy atom. The summed E-state index contributed by atoms with van der Waals surface area (Å²) < 4.78 is 39.0. The van der Waals surface area contributed by atoms with Crippen molar-refractivity contribution in [3.05, 3.63) is 0 Å². The monoisotopic (exact) mass is 534 g/mol. The zero-order valence-electron chi connectivity index (χ0n) is 24.0. The fourth-order valence-electron chi connectivity index (χ4n) is 7.58. The Morgan fingerprint density at radius 3 is 1.00 bits per heavy atom. The summed E-state index contributed by atoms with van der Waals surface area (Å²) in [4.78, 5) is 0. The van der Waals surface area contributed by atoms with Crippen molar-refractivity contribution >= 4 is 0 Å². The molecule has 3 saturated heterocycles. The van der Waals surface area contributed by atoms with Crippen molar-refractivity contribution in [3.63, 3.8) is 0 Å². The molecule has 6 heteroatoms. The Kier molecular flexibility index (Phi) is 9.67. The minimum Gasteiger partial charge on any atom is -0.369 e. The first-order valence-electron chi connectivity index (χ1n) is 16.6. The van der Waals surface area contributed by atoms with Gasteiger partial charge in [0.15, 0.2) is 0 Å². The molecule has 218 valence electrons. The number of ether oxygens (including phenoxy) is 6. The second-order valence-corrected chi connectivity index (χ2v) is 13.4. The minimum absolute atomic E-state index is 0.113. The predicted octanol–water partition coefficient (Wildman–Crippen LogP) is 7.35. The summed E-state index contributed by atoms with van der Waals surface area (Å²) in [5.74, 6) is -1.04. The van der Waals surface area contributed by atoms with Crippen LogP contribution in [0.4, 0.5) is 0 Å². The Hall–Kier alpha value is -0.240. The van der Waals surface area contributed by atoms with Crippen molar-refractivity contribution in [2.75, 3.05) is 0 Å². The molecule has 0 aromatic rings. The Morgan fingerprint density at radius 1 is 0.395 bits per heavy atom. The number of epoxide rings is 3. The number of hydrogen-bond donors (Lipinski definition) is 0. The van der Waals surface area contributed by atoms with Gasteiger partial charge in [0.2, 0.25) is 0 Å². The van der Waals surface area contributed by atoms with Gasteiger partial charge < -0.3 is 28.4 Å². The van der Waals surface area contributed by atoms with Gasteiger partial charge in [0.25, 0.3) is 5.97 Å². The summed E-state index contributed by atoms with van der Waals surface area (Å²) in [7, 11) is 0. The molecule has 0 radical (unpaired) electrons. The Bertz CT molecular complexity index is 638. The van der Waals surface area contributed by atoms with E-state index in [1.54, 1.807) is 0 Å².